The van der Waals surface area contributed by atoms with Crippen molar-refractivity contribution >= 4 is 0 Å². The van der Waals surface area contributed by atoms with E-state index >= 15 is 0 Å². The molecule has 0 unspecified atom stereocenters. The monoisotopic (exact) mass is 207 g/mol. The van der Waals surface area contributed by atoms with Gasteiger partial charge in [0.05, 0.1) is 5.69 Å². The second-order valence-corrected chi connectivity index (χ2v) is 4.09. The molecule has 1 heterocycles. The van der Waals surface area contributed by atoms with Crippen molar-refractivity contribution in [3.05, 3.63) is 30.1 Å². The first kappa shape index (κ1) is 12.1. The molecule has 1 atom stereocenters. The van der Waals surface area contributed by atoms with Gasteiger partial charge >= 0.3 is 0 Å². The predicted molar refractivity (Wildman–Crippen MR) is 63.8 cm³/mol. The molecular formula is C12H21N3. The average Bonchev–Trinajstić information content (AvgIpc) is 2.25. The maximum atomic E-state index is 4.32. The standard InChI is InChI=1S/C12H21N3/c1-11(12-7-4-5-8-14-12)13-9-6-10-15(2)3/h4-5,7-8,11,13H,6,9-10H2,1-3H3/t11-/m0/s1. The third-order valence-electron chi connectivity index (χ3n) is 2.36. The minimum absolute atomic E-state index is 0.341. The van der Waals surface area contributed by atoms with Gasteiger partial charge in [0, 0.05) is 12.2 Å². The highest BCUT2D eigenvalue weighted by molar-refractivity contribution is 5.07. The van der Waals surface area contributed by atoms with Gasteiger partial charge in [0.2, 0.25) is 0 Å². The maximum absolute atomic E-state index is 4.32. The lowest BCUT2D eigenvalue weighted by atomic mass is 10.2. The fourth-order valence-electron chi connectivity index (χ4n) is 1.45. The summed E-state index contributed by atoms with van der Waals surface area (Å²) in [6.45, 7) is 4.32. The average molecular weight is 207 g/mol. The summed E-state index contributed by atoms with van der Waals surface area (Å²) >= 11 is 0. The number of nitrogens with one attached hydrogen (secondary N) is 1. The van der Waals surface area contributed by atoms with Crippen LogP contribution >= 0.6 is 0 Å². The second-order valence-electron chi connectivity index (χ2n) is 4.09. The molecule has 3 heteroatoms. The number of nitrogens with zero attached hydrogens (tertiary/aromatic N) is 2. The predicted octanol–water partition coefficient (Wildman–Crippen LogP) is 1.68. The maximum Gasteiger partial charge on any atom is 0.0570 e. The normalized spacial score (nSPS) is 13.1. The second kappa shape index (κ2) is 6.53. The van der Waals surface area contributed by atoms with Crippen LogP contribution in [0.4, 0.5) is 0 Å². The molecule has 84 valence electrons. The van der Waals surface area contributed by atoms with E-state index in [4.69, 9.17) is 0 Å². The van der Waals surface area contributed by atoms with Gasteiger partial charge in [-0.3, -0.25) is 4.98 Å². The van der Waals surface area contributed by atoms with E-state index in [0.29, 0.717) is 6.04 Å². The molecule has 0 aliphatic carbocycles. The van der Waals surface area contributed by atoms with Gasteiger partial charge in [-0.2, -0.15) is 0 Å². The quantitative estimate of drug-likeness (QED) is 0.719. The molecule has 0 radical (unpaired) electrons. The number of hydrogen-bond acceptors (Lipinski definition) is 3. The lowest BCUT2D eigenvalue weighted by molar-refractivity contribution is 0.388. The Morgan fingerprint density at radius 1 is 1.40 bits per heavy atom. The third kappa shape index (κ3) is 4.91. The van der Waals surface area contributed by atoms with Crippen molar-refractivity contribution in [2.45, 2.75) is 19.4 Å². The molecule has 0 aliphatic heterocycles. The topological polar surface area (TPSA) is 28.2 Å². The van der Waals surface area contributed by atoms with Crippen LogP contribution in [0.25, 0.3) is 0 Å². The van der Waals surface area contributed by atoms with E-state index in [2.05, 4.69) is 42.3 Å². The van der Waals surface area contributed by atoms with E-state index in [-0.39, 0.29) is 0 Å². The summed E-state index contributed by atoms with van der Waals surface area (Å²) in [5, 5.41) is 3.47. The Morgan fingerprint density at radius 3 is 2.80 bits per heavy atom. The molecule has 1 aromatic heterocycles. The van der Waals surface area contributed by atoms with Gasteiger partial charge in [-0.25, -0.2) is 0 Å². The molecule has 0 saturated heterocycles. The Morgan fingerprint density at radius 2 is 2.20 bits per heavy atom. The van der Waals surface area contributed by atoms with Gasteiger partial charge in [-0.05, 0) is 52.7 Å². The van der Waals surface area contributed by atoms with Crippen molar-refractivity contribution in [1.82, 2.24) is 15.2 Å². The van der Waals surface area contributed by atoms with E-state index in [9.17, 15) is 0 Å². The first-order valence-electron chi connectivity index (χ1n) is 5.49. The van der Waals surface area contributed by atoms with Crippen LogP contribution in [0.3, 0.4) is 0 Å². The van der Waals surface area contributed by atoms with E-state index in [1.165, 1.54) is 6.42 Å². The Kier molecular flexibility index (Phi) is 5.29. The molecule has 3 nitrogen and oxygen atoms in total. The van der Waals surface area contributed by atoms with Crippen LogP contribution in [-0.2, 0) is 0 Å². The summed E-state index contributed by atoms with van der Waals surface area (Å²) in [5.74, 6) is 0. The Bertz CT molecular complexity index is 259. The van der Waals surface area contributed by atoms with Gasteiger partial charge in [-0.15, -0.1) is 0 Å². The van der Waals surface area contributed by atoms with E-state index < -0.39 is 0 Å². The number of pyridine rings is 1. The van der Waals surface area contributed by atoms with Crippen molar-refractivity contribution in [1.29, 1.82) is 0 Å². The fourth-order valence-corrected chi connectivity index (χ4v) is 1.45. The zero-order valence-electron chi connectivity index (χ0n) is 9.90. The van der Waals surface area contributed by atoms with Crippen molar-refractivity contribution in [2.75, 3.05) is 27.2 Å². The molecule has 0 fully saturated rings. The SMILES string of the molecule is C[C@H](NCCCN(C)C)c1ccccn1. The Labute approximate surface area is 92.5 Å². The van der Waals surface area contributed by atoms with Gasteiger partial charge in [0.25, 0.3) is 0 Å². The molecular weight excluding hydrogens is 186 g/mol. The molecule has 0 aliphatic rings. The minimum atomic E-state index is 0.341. The lowest BCUT2D eigenvalue weighted by Crippen LogP contribution is -2.24. The summed E-state index contributed by atoms with van der Waals surface area (Å²) in [6, 6.07) is 6.38. The van der Waals surface area contributed by atoms with Crippen LogP contribution in [-0.4, -0.2) is 37.1 Å². The summed E-state index contributed by atoms with van der Waals surface area (Å²) in [4.78, 5) is 6.52. The van der Waals surface area contributed by atoms with Gasteiger partial charge in [0.15, 0.2) is 0 Å². The van der Waals surface area contributed by atoms with Gasteiger partial charge in [-0.1, -0.05) is 6.07 Å². The summed E-state index contributed by atoms with van der Waals surface area (Å²) in [7, 11) is 4.20. The van der Waals surface area contributed by atoms with Crippen molar-refractivity contribution in [3.63, 3.8) is 0 Å². The van der Waals surface area contributed by atoms with Gasteiger partial charge in [0.1, 0.15) is 0 Å². The van der Waals surface area contributed by atoms with Crippen LogP contribution in [0, 0.1) is 0 Å². The molecule has 0 aromatic carbocycles. The molecule has 1 N–H and O–H groups in total. The molecule has 15 heavy (non-hydrogen) atoms. The highest BCUT2D eigenvalue weighted by Gasteiger charge is 2.03. The minimum Gasteiger partial charge on any atom is -0.309 e. The van der Waals surface area contributed by atoms with Crippen molar-refractivity contribution in [3.8, 4) is 0 Å². The number of hydrogen-bond donors (Lipinski definition) is 1. The van der Waals surface area contributed by atoms with Crippen LogP contribution in [0.15, 0.2) is 24.4 Å². The molecule has 0 amide bonds. The molecule has 0 spiro atoms. The van der Waals surface area contributed by atoms with E-state index in [1.807, 2.05) is 18.3 Å². The smallest absolute Gasteiger partial charge is 0.0570 e. The highest BCUT2D eigenvalue weighted by atomic mass is 15.1. The molecule has 0 bridgehead atoms. The lowest BCUT2D eigenvalue weighted by Gasteiger charge is -2.14. The van der Waals surface area contributed by atoms with Crippen LogP contribution in [0.5, 0.6) is 0 Å². The molecule has 1 rings (SSSR count). The highest BCUT2D eigenvalue weighted by Crippen LogP contribution is 2.07. The zero-order valence-corrected chi connectivity index (χ0v) is 9.90. The zero-order chi connectivity index (χ0) is 11.1. The summed E-state index contributed by atoms with van der Waals surface area (Å²) < 4.78 is 0. The number of rotatable bonds is 6. The molecule has 1 aromatic rings. The number of aromatic nitrogens is 1. The van der Waals surface area contributed by atoms with E-state index in [1.54, 1.807) is 0 Å². The summed E-state index contributed by atoms with van der Waals surface area (Å²) in [5.41, 5.74) is 1.11. The summed E-state index contributed by atoms with van der Waals surface area (Å²) in [6.07, 6.45) is 3.01. The van der Waals surface area contributed by atoms with Crippen molar-refractivity contribution in [2.24, 2.45) is 0 Å². The third-order valence-corrected chi connectivity index (χ3v) is 2.36. The van der Waals surface area contributed by atoms with Crippen LogP contribution in [0.2, 0.25) is 0 Å². The largest absolute Gasteiger partial charge is 0.309 e. The van der Waals surface area contributed by atoms with E-state index in [0.717, 1.165) is 18.8 Å². The van der Waals surface area contributed by atoms with Crippen molar-refractivity contribution < 1.29 is 0 Å². The Hall–Kier alpha value is -0.930. The first-order valence-corrected chi connectivity index (χ1v) is 5.49. The van der Waals surface area contributed by atoms with Gasteiger partial charge < -0.3 is 10.2 Å². The molecule has 0 saturated carbocycles. The van der Waals surface area contributed by atoms with Crippen LogP contribution in [0.1, 0.15) is 25.1 Å². The fraction of sp³-hybridized carbons (Fsp3) is 0.583. The van der Waals surface area contributed by atoms with Crippen LogP contribution < -0.4 is 5.32 Å². The Balaban J connectivity index is 2.22. The first-order chi connectivity index (χ1) is 7.20.